The third kappa shape index (κ3) is 4.28. The lowest BCUT2D eigenvalue weighted by Crippen LogP contribution is -2.32. The average Bonchev–Trinajstić information content (AvgIpc) is 2.52. The molecular formula is C18H25NO. The molecule has 0 aliphatic heterocycles. The van der Waals surface area contributed by atoms with Gasteiger partial charge in [-0.05, 0) is 37.7 Å². The molecule has 1 aromatic rings. The van der Waals surface area contributed by atoms with Crippen molar-refractivity contribution in [3.8, 4) is 18.1 Å². The molecule has 0 unspecified atom stereocenters. The van der Waals surface area contributed by atoms with E-state index in [1.807, 2.05) is 18.2 Å². The Morgan fingerprint density at radius 1 is 1.25 bits per heavy atom. The van der Waals surface area contributed by atoms with Crippen LogP contribution in [-0.4, -0.2) is 12.6 Å². The van der Waals surface area contributed by atoms with Crippen LogP contribution in [0.4, 0.5) is 0 Å². The van der Waals surface area contributed by atoms with Crippen molar-refractivity contribution in [2.75, 3.05) is 6.61 Å². The second-order valence-electron chi connectivity index (χ2n) is 5.61. The van der Waals surface area contributed by atoms with E-state index in [0.29, 0.717) is 12.6 Å². The summed E-state index contributed by atoms with van der Waals surface area (Å²) < 4.78 is 5.58. The fraction of sp³-hybridized carbons (Fsp3) is 0.556. The van der Waals surface area contributed by atoms with E-state index in [4.69, 9.17) is 11.2 Å². The third-order valence-electron chi connectivity index (χ3n) is 4.29. The normalized spacial score (nSPS) is 22.2. The number of para-hydroxylation sites is 1. The van der Waals surface area contributed by atoms with Crippen molar-refractivity contribution in [3.05, 3.63) is 29.8 Å². The van der Waals surface area contributed by atoms with E-state index < -0.39 is 0 Å². The van der Waals surface area contributed by atoms with Gasteiger partial charge in [-0.15, -0.1) is 6.42 Å². The zero-order valence-electron chi connectivity index (χ0n) is 12.4. The van der Waals surface area contributed by atoms with Crippen LogP contribution in [0.5, 0.6) is 5.75 Å². The van der Waals surface area contributed by atoms with Crippen LogP contribution in [0.1, 0.15) is 44.6 Å². The van der Waals surface area contributed by atoms with Crippen molar-refractivity contribution in [1.82, 2.24) is 5.32 Å². The summed E-state index contributed by atoms with van der Waals surface area (Å²) in [5, 5.41) is 3.67. The van der Waals surface area contributed by atoms with Gasteiger partial charge in [-0.3, -0.25) is 0 Å². The Balaban J connectivity index is 1.83. The minimum Gasteiger partial charge on any atom is -0.481 e. The summed E-state index contributed by atoms with van der Waals surface area (Å²) in [5.74, 6) is 4.36. The molecule has 0 spiro atoms. The lowest BCUT2D eigenvalue weighted by atomic mass is 9.84. The van der Waals surface area contributed by atoms with Crippen LogP contribution in [0, 0.1) is 18.3 Å². The van der Waals surface area contributed by atoms with Gasteiger partial charge in [0.05, 0.1) is 0 Å². The van der Waals surface area contributed by atoms with E-state index >= 15 is 0 Å². The van der Waals surface area contributed by atoms with Crippen LogP contribution in [0.15, 0.2) is 24.3 Å². The molecule has 20 heavy (non-hydrogen) atoms. The van der Waals surface area contributed by atoms with Crippen LogP contribution in [0.3, 0.4) is 0 Å². The predicted molar refractivity (Wildman–Crippen MR) is 83.6 cm³/mol. The number of hydrogen-bond donors (Lipinski definition) is 1. The molecule has 1 aromatic carbocycles. The number of benzene rings is 1. The molecule has 1 N–H and O–H groups in total. The minimum absolute atomic E-state index is 0.332. The van der Waals surface area contributed by atoms with Crippen LogP contribution in [0.2, 0.25) is 0 Å². The van der Waals surface area contributed by atoms with Gasteiger partial charge in [-0.1, -0.05) is 37.5 Å². The summed E-state index contributed by atoms with van der Waals surface area (Å²) in [6.07, 6.45) is 11.9. The van der Waals surface area contributed by atoms with Gasteiger partial charge in [0.25, 0.3) is 0 Å². The fourth-order valence-electron chi connectivity index (χ4n) is 2.94. The molecule has 0 atom stereocenters. The van der Waals surface area contributed by atoms with Gasteiger partial charge >= 0.3 is 0 Å². The first-order chi connectivity index (χ1) is 9.83. The Kier molecular flexibility index (Phi) is 5.95. The molecule has 1 aliphatic rings. The highest BCUT2D eigenvalue weighted by Gasteiger charge is 2.19. The summed E-state index contributed by atoms with van der Waals surface area (Å²) in [7, 11) is 0. The van der Waals surface area contributed by atoms with Crippen molar-refractivity contribution < 1.29 is 4.74 Å². The standard InChI is InChI=1S/C18H25NO/c1-3-13-20-18-8-6-5-7-16(18)14-19-17-11-9-15(4-2)10-12-17/h1,5-8,15,17,19H,4,9-14H2,2H3. The van der Waals surface area contributed by atoms with Gasteiger partial charge in [0.1, 0.15) is 12.4 Å². The summed E-state index contributed by atoms with van der Waals surface area (Å²) in [6.45, 7) is 3.50. The zero-order valence-corrected chi connectivity index (χ0v) is 12.4. The molecule has 0 bridgehead atoms. The van der Waals surface area contributed by atoms with Crippen molar-refractivity contribution in [3.63, 3.8) is 0 Å². The molecule has 108 valence electrons. The number of nitrogens with one attached hydrogen (secondary N) is 1. The average molecular weight is 271 g/mol. The van der Waals surface area contributed by atoms with E-state index in [9.17, 15) is 0 Å². The van der Waals surface area contributed by atoms with E-state index in [1.165, 1.54) is 37.7 Å². The molecule has 0 heterocycles. The molecule has 2 rings (SSSR count). The Bertz CT molecular complexity index is 441. The highest BCUT2D eigenvalue weighted by Crippen LogP contribution is 2.27. The van der Waals surface area contributed by atoms with Gasteiger partial charge in [0, 0.05) is 18.2 Å². The first kappa shape index (κ1) is 14.9. The van der Waals surface area contributed by atoms with Crippen molar-refractivity contribution in [2.24, 2.45) is 5.92 Å². The molecule has 0 amide bonds. The smallest absolute Gasteiger partial charge is 0.148 e. The lowest BCUT2D eigenvalue weighted by Gasteiger charge is -2.28. The van der Waals surface area contributed by atoms with Gasteiger partial charge < -0.3 is 10.1 Å². The van der Waals surface area contributed by atoms with Crippen molar-refractivity contribution in [1.29, 1.82) is 0 Å². The first-order valence-electron chi connectivity index (χ1n) is 7.71. The highest BCUT2D eigenvalue weighted by atomic mass is 16.5. The minimum atomic E-state index is 0.332. The van der Waals surface area contributed by atoms with E-state index in [2.05, 4.69) is 24.2 Å². The quantitative estimate of drug-likeness (QED) is 0.796. The number of terminal acetylenes is 1. The Labute approximate surface area is 122 Å². The van der Waals surface area contributed by atoms with Gasteiger partial charge in [0.2, 0.25) is 0 Å². The van der Waals surface area contributed by atoms with Crippen molar-refractivity contribution >= 4 is 0 Å². The summed E-state index contributed by atoms with van der Waals surface area (Å²) in [4.78, 5) is 0. The Morgan fingerprint density at radius 2 is 2.00 bits per heavy atom. The predicted octanol–water partition coefficient (Wildman–Crippen LogP) is 3.76. The largest absolute Gasteiger partial charge is 0.481 e. The Morgan fingerprint density at radius 3 is 2.70 bits per heavy atom. The molecule has 2 nitrogen and oxygen atoms in total. The number of rotatable bonds is 6. The van der Waals surface area contributed by atoms with Crippen LogP contribution >= 0.6 is 0 Å². The van der Waals surface area contributed by atoms with Crippen LogP contribution < -0.4 is 10.1 Å². The fourth-order valence-corrected chi connectivity index (χ4v) is 2.94. The molecular weight excluding hydrogens is 246 g/mol. The van der Waals surface area contributed by atoms with Crippen LogP contribution in [0.25, 0.3) is 0 Å². The number of ether oxygens (including phenoxy) is 1. The van der Waals surface area contributed by atoms with Crippen molar-refractivity contribution in [2.45, 2.75) is 51.6 Å². The number of hydrogen-bond acceptors (Lipinski definition) is 2. The molecule has 0 radical (unpaired) electrons. The lowest BCUT2D eigenvalue weighted by molar-refractivity contribution is 0.283. The highest BCUT2D eigenvalue weighted by molar-refractivity contribution is 5.33. The Hall–Kier alpha value is -1.46. The third-order valence-corrected chi connectivity index (χ3v) is 4.29. The maximum atomic E-state index is 5.58. The second kappa shape index (κ2) is 7.97. The molecule has 1 saturated carbocycles. The maximum Gasteiger partial charge on any atom is 0.148 e. The summed E-state index contributed by atoms with van der Waals surface area (Å²) in [5.41, 5.74) is 1.19. The van der Waals surface area contributed by atoms with Gasteiger partial charge in [0.15, 0.2) is 0 Å². The molecule has 1 aliphatic carbocycles. The second-order valence-corrected chi connectivity index (χ2v) is 5.61. The van der Waals surface area contributed by atoms with E-state index in [-0.39, 0.29) is 0 Å². The first-order valence-corrected chi connectivity index (χ1v) is 7.71. The van der Waals surface area contributed by atoms with Gasteiger partial charge in [-0.25, -0.2) is 0 Å². The van der Waals surface area contributed by atoms with Crippen LogP contribution in [-0.2, 0) is 6.54 Å². The molecule has 0 aromatic heterocycles. The van der Waals surface area contributed by atoms with E-state index in [0.717, 1.165) is 18.2 Å². The summed E-state index contributed by atoms with van der Waals surface area (Å²) >= 11 is 0. The van der Waals surface area contributed by atoms with E-state index in [1.54, 1.807) is 0 Å². The topological polar surface area (TPSA) is 21.3 Å². The maximum absolute atomic E-state index is 5.58. The zero-order chi connectivity index (χ0) is 14.2. The molecule has 0 saturated heterocycles. The monoisotopic (exact) mass is 271 g/mol. The molecule has 1 fully saturated rings. The van der Waals surface area contributed by atoms with Gasteiger partial charge in [-0.2, -0.15) is 0 Å². The molecule has 2 heteroatoms. The SMILES string of the molecule is C#CCOc1ccccc1CNC1CCC(CC)CC1. The summed E-state index contributed by atoms with van der Waals surface area (Å²) in [6, 6.07) is 8.78.